The van der Waals surface area contributed by atoms with Gasteiger partial charge in [0.15, 0.2) is 17.1 Å². The average molecular weight is 350 g/mol. The molecule has 0 bridgehead atoms. The molecule has 6 nitrogen and oxygen atoms in total. The predicted octanol–water partition coefficient (Wildman–Crippen LogP) is 3.62. The summed E-state index contributed by atoms with van der Waals surface area (Å²) < 4.78 is 16.3. The Bertz CT molecular complexity index is 944. The molecule has 1 amide bonds. The van der Waals surface area contributed by atoms with E-state index in [0.29, 0.717) is 30.3 Å². The zero-order valence-corrected chi connectivity index (χ0v) is 14.3. The Labute approximate surface area is 150 Å². The predicted molar refractivity (Wildman–Crippen MR) is 96.7 cm³/mol. The standard InChI is InChI=1S/C20H18N2O4/c1-2-22(12-14-7-8-17-18(11-14)25-13-24-17)20(23)10-9-19-21-15-5-3-4-6-16(15)26-19/h3-11H,2,12-13H2,1H3/b10-9+. The van der Waals surface area contributed by atoms with Crippen LogP contribution in [-0.2, 0) is 11.3 Å². The van der Waals surface area contributed by atoms with Crippen molar-refractivity contribution in [2.24, 2.45) is 0 Å². The van der Waals surface area contributed by atoms with E-state index in [1.165, 1.54) is 6.08 Å². The Balaban J connectivity index is 1.46. The van der Waals surface area contributed by atoms with Crippen LogP contribution >= 0.6 is 0 Å². The van der Waals surface area contributed by atoms with Gasteiger partial charge in [0.1, 0.15) is 5.52 Å². The van der Waals surface area contributed by atoms with Gasteiger partial charge in [-0.1, -0.05) is 18.2 Å². The molecular formula is C20H18N2O4. The normalized spacial score (nSPS) is 12.8. The van der Waals surface area contributed by atoms with E-state index in [1.807, 2.05) is 49.4 Å². The molecule has 2 aromatic carbocycles. The summed E-state index contributed by atoms with van der Waals surface area (Å²) >= 11 is 0. The summed E-state index contributed by atoms with van der Waals surface area (Å²) in [5.74, 6) is 1.76. The van der Waals surface area contributed by atoms with E-state index in [1.54, 1.807) is 11.0 Å². The molecule has 0 saturated carbocycles. The van der Waals surface area contributed by atoms with Crippen LogP contribution in [0, 0.1) is 0 Å². The lowest BCUT2D eigenvalue weighted by Gasteiger charge is -2.19. The van der Waals surface area contributed by atoms with Crippen molar-refractivity contribution in [2.75, 3.05) is 13.3 Å². The van der Waals surface area contributed by atoms with E-state index in [-0.39, 0.29) is 12.7 Å². The number of nitrogens with zero attached hydrogens (tertiary/aromatic N) is 2. The maximum absolute atomic E-state index is 12.5. The number of amides is 1. The molecule has 4 rings (SSSR count). The van der Waals surface area contributed by atoms with Gasteiger partial charge < -0.3 is 18.8 Å². The summed E-state index contributed by atoms with van der Waals surface area (Å²) in [6.07, 6.45) is 3.09. The Hall–Kier alpha value is -3.28. The van der Waals surface area contributed by atoms with Crippen LogP contribution < -0.4 is 9.47 Å². The first-order valence-corrected chi connectivity index (χ1v) is 8.44. The van der Waals surface area contributed by atoms with Crippen LogP contribution in [-0.4, -0.2) is 29.1 Å². The second-order valence-electron chi connectivity index (χ2n) is 5.89. The molecule has 26 heavy (non-hydrogen) atoms. The maximum Gasteiger partial charge on any atom is 0.247 e. The van der Waals surface area contributed by atoms with Crippen molar-refractivity contribution in [1.29, 1.82) is 0 Å². The maximum atomic E-state index is 12.5. The molecule has 2 heterocycles. The summed E-state index contributed by atoms with van der Waals surface area (Å²) in [6.45, 7) is 3.26. The lowest BCUT2D eigenvalue weighted by molar-refractivity contribution is -0.126. The molecule has 1 aromatic heterocycles. The number of likely N-dealkylation sites (N-methyl/N-ethyl adjacent to an activating group) is 1. The van der Waals surface area contributed by atoms with Gasteiger partial charge in [-0.15, -0.1) is 0 Å². The number of aromatic nitrogens is 1. The van der Waals surface area contributed by atoms with Crippen LogP contribution in [0.25, 0.3) is 17.2 Å². The number of ether oxygens (including phenoxy) is 2. The Morgan fingerprint density at radius 3 is 2.88 bits per heavy atom. The highest BCUT2D eigenvalue weighted by Gasteiger charge is 2.15. The third kappa shape index (κ3) is 3.26. The first-order valence-electron chi connectivity index (χ1n) is 8.44. The van der Waals surface area contributed by atoms with Gasteiger partial charge in [-0.2, -0.15) is 0 Å². The Kier molecular flexibility index (Phi) is 4.31. The number of fused-ring (bicyclic) bond motifs is 2. The fourth-order valence-corrected chi connectivity index (χ4v) is 2.81. The SMILES string of the molecule is CCN(Cc1ccc2c(c1)OCO2)C(=O)/C=C/c1nc2ccccc2o1. The van der Waals surface area contributed by atoms with Crippen LogP contribution in [0.2, 0.25) is 0 Å². The second kappa shape index (κ2) is 6.92. The number of oxazole rings is 1. The zero-order chi connectivity index (χ0) is 17.9. The van der Waals surface area contributed by atoms with Gasteiger partial charge in [0, 0.05) is 25.2 Å². The minimum absolute atomic E-state index is 0.104. The highest BCUT2D eigenvalue weighted by atomic mass is 16.7. The van der Waals surface area contributed by atoms with Crippen LogP contribution in [0.5, 0.6) is 11.5 Å². The van der Waals surface area contributed by atoms with Crippen LogP contribution in [0.15, 0.2) is 53.0 Å². The topological polar surface area (TPSA) is 64.8 Å². The molecular weight excluding hydrogens is 332 g/mol. The van der Waals surface area contributed by atoms with Gasteiger partial charge in [-0.3, -0.25) is 4.79 Å². The summed E-state index contributed by atoms with van der Waals surface area (Å²) in [5, 5.41) is 0. The van der Waals surface area contributed by atoms with Crippen molar-refractivity contribution >= 4 is 23.1 Å². The van der Waals surface area contributed by atoms with Crippen molar-refractivity contribution < 1.29 is 18.7 Å². The van der Waals surface area contributed by atoms with Gasteiger partial charge >= 0.3 is 0 Å². The smallest absolute Gasteiger partial charge is 0.247 e. The minimum atomic E-state index is -0.104. The molecule has 3 aromatic rings. The summed E-state index contributed by atoms with van der Waals surface area (Å²) in [6, 6.07) is 13.2. The summed E-state index contributed by atoms with van der Waals surface area (Å²) in [7, 11) is 0. The van der Waals surface area contributed by atoms with Gasteiger partial charge in [0.05, 0.1) is 0 Å². The molecule has 0 spiro atoms. The van der Waals surface area contributed by atoms with Crippen LogP contribution in [0.4, 0.5) is 0 Å². The zero-order valence-electron chi connectivity index (χ0n) is 14.3. The number of hydrogen-bond donors (Lipinski definition) is 0. The number of carbonyl (C=O) groups is 1. The summed E-state index contributed by atoms with van der Waals surface area (Å²) in [4.78, 5) is 18.6. The van der Waals surface area contributed by atoms with E-state index in [9.17, 15) is 4.79 Å². The largest absolute Gasteiger partial charge is 0.454 e. The number of benzene rings is 2. The van der Waals surface area contributed by atoms with Gasteiger partial charge in [0.25, 0.3) is 0 Å². The highest BCUT2D eigenvalue weighted by molar-refractivity contribution is 5.91. The lowest BCUT2D eigenvalue weighted by Crippen LogP contribution is -2.28. The minimum Gasteiger partial charge on any atom is -0.454 e. The molecule has 6 heteroatoms. The average Bonchev–Trinajstić information content (AvgIpc) is 3.29. The molecule has 0 radical (unpaired) electrons. The summed E-state index contributed by atoms with van der Waals surface area (Å²) in [5.41, 5.74) is 2.46. The third-order valence-electron chi connectivity index (χ3n) is 4.18. The monoisotopic (exact) mass is 350 g/mol. The lowest BCUT2D eigenvalue weighted by atomic mass is 10.2. The van der Waals surface area contributed by atoms with Crippen molar-refractivity contribution in [2.45, 2.75) is 13.5 Å². The third-order valence-corrected chi connectivity index (χ3v) is 4.18. The molecule has 1 aliphatic heterocycles. The molecule has 0 fully saturated rings. The van der Waals surface area contributed by atoms with E-state index in [2.05, 4.69) is 4.98 Å². The van der Waals surface area contributed by atoms with E-state index < -0.39 is 0 Å². The van der Waals surface area contributed by atoms with E-state index >= 15 is 0 Å². The van der Waals surface area contributed by atoms with Crippen molar-refractivity contribution in [3.05, 3.63) is 60.0 Å². The molecule has 0 aliphatic carbocycles. The number of para-hydroxylation sites is 2. The van der Waals surface area contributed by atoms with Crippen molar-refractivity contribution in [3.63, 3.8) is 0 Å². The Morgan fingerprint density at radius 1 is 1.19 bits per heavy atom. The second-order valence-corrected chi connectivity index (χ2v) is 5.89. The molecule has 0 unspecified atom stereocenters. The fraction of sp³-hybridized carbons (Fsp3) is 0.200. The van der Waals surface area contributed by atoms with Gasteiger partial charge in [0.2, 0.25) is 18.6 Å². The molecule has 0 atom stereocenters. The Morgan fingerprint density at radius 2 is 2.04 bits per heavy atom. The van der Waals surface area contributed by atoms with Gasteiger partial charge in [-0.05, 0) is 36.8 Å². The quantitative estimate of drug-likeness (QED) is 0.658. The number of rotatable bonds is 5. The van der Waals surface area contributed by atoms with E-state index in [0.717, 1.165) is 16.8 Å². The number of hydrogen-bond acceptors (Lipinski definition) is 5. The fourth-order valence-electron chi connectivity index (χ4n) is 2.81. The molecule has 1 aliphatic rings. The first-order chi connectivity index (χ1) is 12.7. The van der Waals surface area contributed by atoms with E-state index in [4.69, 9.17) is 13.9 Å². The highest BCUT2D eigenvalue weighted by Crippen LogP contribution is 2.32. The molecule has 132 valence electrons. The number of carbonyl (C=O) groups excluding carboxylic acids is 1. The van der Waals surface area contributed by atoms with Crippen LogP contribution in [0.3, 0.4) is 0 Å². The molecule has 0 saturated heterocycles. The van der Waals surface area contributed by atoms with Crippen molar-refractivity contribution in [1.82, 2.24) is 9.88 Å². The van der Waals surface area contributed by atoms with Gasteiger partial charge in [-0.25, -0.2) is 4.98 Å². The van der Waals surface area contributed by atoms with Crippen molar-refractivity contribution in [3.8, 4) is 11.5 Å². The molecule has 0 N–H and O–H groups in total. The van der Waals surface area contributed by atoms with Crippen LogP contribution in [0.1, 0.15) is 18.4 Å². The first kappa shape index (κ1) is 16.2.